The van der Waals surface area contributed by atoms with Gasteiger partial charge < -0.3 is 14.6 Å². The van der Waals surface area contributed by atoms with Crippen LogP contribution in [0.4, 0.5) is 0 Å². The third-order valence-corrected chi connectivity index (χ3v) is 6.45. The molecule has 1 N–H and O–H groups in total. The number of hydrogen-bond donors (Lipinski definition) is 1. The van der Waals surface area contributed by atoms with Crippen LogP contribution in [0.5, 0.6) is 5.88 Å². The molecule has 3 aromatic rings. The number of fused-ring (bicyclic) bond motifs is 2. The Balaban J connectivity index is 1.43. The fraction of sp³-hybridized carbons (Fsp3) is 0.391. The van der Waals surface area contributed by atoms with Gasteiger partial charge in [0.2, 0.25) is 5.88 Å². The number of nitrogens with zero attached hydrogens (tertiary/aromatic N) is 4. The topological polar surface area (TPSA) is 91.4 Å². The largest absolute Gasteiger partial charge is 0.480 e. The van der Waals surface area contributed by atoms with Gasteiger partial charge >= 0.3 is 0 Å². The summed E-state index contributed by atoms with van der Waals surface area (Å²) < 4.78 is 5.32. The number of aromatic nitrogens is 3. The number of methoxy groups -OCH3 is 1. The summed E-state index contributed by atoms with van der Waals surface area (Å²) in [7, 11) is 1.51. The SMILES string of the molecule is COc1nccc(Cl)c1-c1nc2cc3c(cc2[nH]1)C(=O)N(CC(C)CN1CCCC1)C3=O. The molecule has 32 heavy (non-hydrogen) atoms. The Hall–Kier alpha value is -2.97. The Kier molecular flexibility index (Phi) is 5.35. The van der Waals surface area contributed by atoms with E-state index in [1.54, 1.807) is 24.4 Å². The van der Waals surface area contributed by atoms with E-state index in [0.29, 0.717) is 51.0 Å². The standard InChI is InChI=1S/C23H24ClN5O3/c1-13(11-28-7-3-4-8-28)12-29-22(30)14-9-17-18(10-15(14)23(29)31)27-20(26-17)19-16(24)5-6-25-21(19)32-2/h5-6,9-10,13H,3-4,7-8,11-12H2,1-2H3,(H,26,27). The molecule has 0 saturated carbocycles. The Morgan fingerprint density at radius 3 is 2.59 bits per heavy atom. The minimum Gasteiger partial charge on any atom is -0.480 e. The molecular formula is C23H24ClN5O3. The van der Waals surface area contributed by atoms with Crippen LogP contribution in [-0.2, 0) is 0 Å². The normalized spacial score (nSPS) is 17.4. The fourth-order valence-corrected chi connectivity index (χ4v) is 4.87. The number of imide groups is 1. The number of rotatable bonds is 6. The molecule has 4 heterocycles. The van der Waals surface area contributed by atoms with Gasteiger partial charge in [-0.2, -0.15) is 0 Å². The van der Waals surface area contributed by atoms with E-state index in [0.717, 1.165) is 19.6 Å². The van der Waals surface area contributed by atoms with Gasteiger partial charge in [0.15, 0.2) is 0 Å². The molecule has 166 valence electrons. The van der Waals surface area contributed by atoms with Crippen LogP contribution in [0.2, 0.25) is 5.02 Å². The number of halogens is 1. The number of aromatic amines is 1. The lowest BCUT2D eigenvalue weighted by molar-refractivity contribution is 0.0623. The summed E-state index contributed by atoms with van der Waals surface area (Å²) in [4.78, 5) is 41.9. The molecule has 1 saturated heterocycles. The zero-order chi connectivity index (χ0) is 22.4. The van der Waals surface area contributed by atoms with Gasteiger partial charge in [-0.3, -0.25) is 14.5 Å². The summed E-state index contributed by atoms with van der Waals surface area (Å²) in [6.45, 7) is 5.59. The van der Waals surface area contributed by atoms with Crippen molar-refractivity contribution in [2.24, 2.45) is 5.92 Å². The highest BCUT2D eigenvalue weighted by Gasteiger charge is 2.37. The average molecular weight is 454 g/mol. The minimum absolute atomic E-state index is 0.213. The number of carbonyl (C=O) groups is 2. The third kappa shape index (κ3) is 3.53. The van der Waals surface area contributed by atoms with Crippen molar-refractivity contribution < 1.29 is 14.3 Å². The molecule has 0 spiro atoms. The number of H-pyrrole nitrogens is 1. The first-order chi connectivity index (χ1) is 15.5. The van der Waals surface area contributed by atoms with Gasteiger partial charge in [-0.25, -0.2) is 9.97 Å². The van der Waals surface area contributed by atoms with E-state index in [2.05, 4.69) is 26.8 Å². The van der Waals surface area contributed by atoms with Crippen LogP contribution in [0.3, 0.4) is 0 Å². The maximum atomic E-state index is 13.1. The van der Waals surface area contributed by atoms with Gasteiger partial charge in [0.05, 0.1) is 39.9 Å². The number of ether oxygens (including phenoxy) is 1. The van der Waals surface area contributed by atoms with Crippen molar-refractivity contribution in [3.63, 3.8) is 0 Å². The molecule has 1 unspecified atom stereocenters. The van der Waals surface area contributed by atoms with Gasteiger partial charge in [-0.1, -0.05) is 18.5 Å². The van der Waals surface area contributed by atoms with Gasteiger partial charge in [0, 0.05) is 19.3 Å². The van der Waals surface area contributed by atoms with Crippen molar-refractivity contribution in [3.8, 4) is 17.3 Å². The molecule has 0 aliphatic carbocycles. The van der Waals surface area contributed by atoms with Gasteiger partial charge in [0.25, 0.3) is 11.8 Å². The van der Waals surface area contributed by atoms with Gasteiger partial charge in [-0.05, 0) is 50.0 Å². The molecule has 9 heteroatoms. The van der Waals surface area contributed by atoms with Crippen molar-refractivity contribution in [3.05, 3.63) is 40.5 Å². The average Bonchev–Trinajstić information content (AvgIpc) is 3.48. The molecule has 2 amide bonds. The number of carbonyl (C=O) groups excluding carboxylic acids is 2. The predicted molar refractivity (Wildman–Crippen MR) is 121 cm³/mol. The van der Waals surface area contributed by atoms with Crippen LogP contribution in [0.1, 0.15) is 40.5 Å². The molecule has 2 aliphatic rings. The van der Waals surface area contributed by atoms with Crippen molar-refractivity contribution in [2.45, 2.75) is 19.8 Å². The first kappa shape index (κ1) is 20.9. The monoisotopic (exact) mass is 453 g/mol. The molecule has 5 rings (SSSR count). The van der Waals surface area contributed by atoms with E-state index in [1.807, 2.05) is 0 Å². The number of pyridine rings is 1. The molecule has 1 atom stereocenters. The summed E-state index contributed by atoms with van der Waals surface area (Å²) in [5.74, 6) is 0.504. The first-order valence-corrected chi connectivity index (χ1v) is 11.1. The van der Waals surface area contributed by atoms with Crippen LogP contribution in [0.25, 0.3) is 22.4 Å². The van der Waals surface area contributed by atoms with Crippen LogP contribution >= 0.6 is 11.6 Å². The number of likely N-dealkylation sites (tertiary alicyclic amines) is 1. The smallest absolute Gasteiger partial charge is 0.261 e. The van der Waals surface area contributed by atoms with Gasteiger partial charge in [0.1, 0.15) is 5.82 Å². The summed E-state index contributed by atoms with van der Waals surface area (Å²) in [6, 6.07) is 5.02. The molecule has 2 aromatic heterocycles. The Bertz CT molecular complexity index is 1160. The number of benzene rings is 1. The number of amides is 2. The number of nitrogens with one attached hydrogen (secondary N) is 1. The molecule has 1 aromatic carbocycles. The molecule has 8 nitrogen and oxygen atoms in total. The quantitative estimate of drug-likeness (QED) is 0.573. The highest BCUT2D eigenvalue weighted by molar-refractivity contribution is 6.33. The molecule has 0 radical (unpaired) electrons. The number of hydrogen-bond acceptors (Lipinski definition) is 6. The molecular weight excluding hydrogens is 430 g/mol. The summed E-state index contributed by atoms with van der Waals surface area (Å²) in [6.07, 6.45) is 3.99. The lowest BCUT2D eigenvalue weighted by Gasteiger charge is -2.23. The highest BCUT2D eigenvalue weighted by atomic mass is 35.5. The van der Waals surface area contributed by atoms with Crippen molar-refractivity contribution in [1.82, 2.24) is 24.8 Å². The predicted octanol–water partition coefficient (Wildman–Crippen LogP) is 3.61. The molecule has 0 bridgehead atoms. The Morgan fingerprint density at radius 1 is 1.16 bits per heavy atom. The molecule has 1 fully saturated rings. The summed E-state index contributed by atoms with van der Waals surface area (Å²) in [5.41, 5.74) is 2.54. The highest BCUT2D eigenvalue weighted by Crippen LogP contribution is 2.35. The fourth-order valence-electron chi connectivity index (χ4n) is 4.64. The van der Waals surface area contributed by atoms with Crippen molar-refractivity contribution in [2.75, 3.05) is 33.3 Å². The second-order valence-electron chi connectivity index (χ2n) is 8.51. The Morgan fingerprint density at radius 2 is 1.88 bits per heavy atom. The van der Waals surface area contributed by atoms with E-state index in [9.17, 15) is 9.59 Å². The second kappa shape index (κ2) is 8.18. The first-order valence-electron chi connectivity index (χ1n) is 10.8. The lowest BCUT2D eigenvalue weighted by Crippen LogP contribution is -2.37. The third-order valence-electron chi connectivity index (χ3n) is 6.13. The van der Waals surface area contributed by atoms with E-state index >= 15 is 0 Å². The summed E-state index contributed by atoms with van der Waals surface area (Å²) >= 11 is 6.35. The second-order valence-corrected chi connectivity index (χ2v) is 8.92. The maximum Gasteiger partial charge on any atom is 0.261 e. The van der Waals surface area contributed by atoms with E-state index < -0.39 is 0 Å². The van der Waals surface area contributed by atoms with E-state index in [-0.39, 0.29) is 17.7 Å². The maximum absolute atomic E-state index is 13.1. The molecule has 2 aliphatic heterocycles. The zero-order valence-corrected chi connectivity index (χ0v) is 18.8. The minimum atomic E-state index is -0.262. The number of imidazole rings is 1. The van der Waals surface area contributed by atoms with E-state index in [1.165, 1.54) is 24.9 Å². The van der Waals surface area contributed by atoms with Crippen LogP contribution in [0, 0.1) is 5.92 Å². The Labute approximate surface area is 190 Å². The summed E-state index contributed by atoms with van der Waals surface area (Å²) in [5, 5.41) is 0.439. The van der Waals surface area contributed by atoms with Gasteiger partial charge in [-0.15, -0.1) is 0 Å². The zero-order valence-electron chi connectivity index (χ0n) is 18.0. The van der Waals surface area contributed by atoms with Crippen molar-refractivity contribution in [1.29, 1.82) is 0 Å². The lowest BCUT2D eigenvalue weighted by atomic mass is 10.1. The van der Waals surface area contributed by atoms with Crippen LogP contribution < -0.4 is 4.74 Å². The van der Waals surface area contributed by atoms with E-state index in [4.69, 9.17) is 16.3 Å². The van der Waals surface area contributed by atoms with Crippen LogP contribution in [0.15, 0.2) is 24.4 Å². The van der Waals surface area contributed by atoms with Crippen LogP contribution in [-0.4, -0.2) is 69.9 Å². The van der Waals surface area contributed by atoms with Crippen molar-refractivity contribution >= 4 is 34.4 Å².